The van der Waals surface area contributed by atoms with Crippen molar-refractivity contribution in [2.75, 3.05) is 44.3 Å². The standard InChI is InChI=1S/C24H29N5O3.H2S/c1-4-28(5-2)19-8-6-18(7-9-19)21-14-22-23(26-11-10-25-22)24(27-21)32-16-20-15-29(17(3)30)12-13-31-20;/h6-11,14,20H,4-5,12-13,15-16H2,1-3H3;1H2/t20-;/m0./s1. The lowest BCUT2D eigenvalue weighted by atomic mass is 10.1. The smallest absolute Gasteiger partial charge is 0.242 e. The Morgan fingerprint density at radius 1 is 1.18 bits per heavy atom. The summed E-state index contributed by atoms with van der Waals surface area (Å²) in [6, 6.07) is 10.3. The average molecular weight is 470 g/mol. The first kappa shape index (κ1) is 24.7. The summed E-state index contributed by atoms with van der Waals surface area (Å²) in [6.45, 7) is 9.69. The molecule has 0 bridgehead atoms. The van der Waals surface area contributed by atoms with Gasteiger partial charge in [-0.1, -0.05) is 12.1 Å². The Morgan fingerprint density at radius 2 is 1.91 bits per heavy atom. The SMILES string of the molecule is CCN(CC)c1ccc(-c2cc3nccnc3c(OC[C@@H]3CN(C(C)=O)CCO3)n2)cc1.S. The Labute approximate surface area is 201 Å². The van der Waals surface area contributed by atoms with Crippen molar-refractivity contribution in [1.82, 2.24) is 19.9 Å². The van der Waals surface area contributed by atoms with Gasteiger partial charge in [0.2, 0.25) is 11.8 Å². The number of amides is 1. The molecule has 176 valence electrons. The molecule has 1 amide bonds. The Bertz CT molecular complexity index is 1080. The van der Waals surface area contributed by atoms with Gasteiger partial charge in [0.15, 0.2) is 5.52 Å². The van der Waals surface area contributed by atoms with Crippen LogP contribution in [-0.4, -0.2) is 71.3 Å². The van der Waals surface area contributed by atoms with E-state index in [9.17, 15) is 4.79 Å². The third-order valence-corrected chi connectivity index (χ3v) is 5.71. The van der Waals surface area contributed by atoms with Gasteiger partial charge in [0, 0.05) is 50.2 Å². The molecule has 3 heterocycles. The fourth-order valence-electron chi connectivity index (χ4n) is 3.90. The fraction of sp³-hybridized carbons (Fsp3) is 0.417. The molecule has 4 rings (SSSR count). The molecule has 9 heteroatoms. The van der Waals surface area contributed by atoms with Crippen LogP contribution in [0, 0.1) is 0 Å². The van der Waals surface area contributed by atoms with Crippen LogP contribution >= 0.6 is 13.5 Å². The Morgan fingerprint density at radius 3 is 2.61 bits per heavy atom. The minimum Gasteiger partial charge on any atom is -0.473 e. The molecular weight excluding hydrogens is 438 g/mol. The van der Waals surface area contributed by atoms with E-state index in [2.05, 4.69) is 53.0 Å². The summed E-state index contributed by atoms with van der Waals surface area (Å²) in [5.74, 6) is 0.463. The molecule has 1 atom stereocenters. The quantitative estimate of drug-likeness (QED) is 0.525. The second kappa shape index (κ2) is 11.3. The number of fused-ring (bicyclic) bond motifs is 1. The normalized spacial score (nSPS) is 15.7. The molecule has 1 saturated heterocycles. The van der Waals surface area contributed by atoms with Crippen molar-refractivity contribution in [3.63, 3.8) is 0 Å². The topological polar surface area (TPSA) is 80.7 Å². The monoisotopic (exact) mass is 469 g/mol. The number of benzene rings is 1. The second-order valence-electron chi connectivity index (χ2n) is 7.72. The fourth-order valence-corrected chi connectivity index (χ4v) is 3.90. The first-order valence-corrected chi connectivity index (χ1v) is 11.1. The molecule has 2 aromatic heterocycles. The van der Waals surface area contributed by atoms with Crippen molar-refractivity contribution in [3.8, 4) is 17.1 Å². The predicted molar refractivity (Wildman–Crippen MR) is 134 cm³/mol. The number of morpholine rings is 1. The van der Waals surface area contributed by atoms with E-state index >= 15 is 0 Å². The molecule has 1 aromatic carbocycles. The van der Waals surface area contributed by atoms with Crippen molar-refractivity contribution in [1.29, 1.82) is 0 Å². The Hall–Kier alpha value is -2.91. The summed E-state index contributed by atoms with van der Waals surface area (Å²) < 4.78 is 11.8. The van der Waals surface area contributed by atoms with Gasteiger partial charge in [0.1, 0.15) is 12.7 Å². The molecule has 0 N–H and O–H groups in total. The van der Waals surface area contributed by atoms with E-state index in [-0.39, 0.29) is 32.1 Å². The van der Waals surface area contributed by atoms with Crippen molar-refractivity contribution >= 4 is 36.1 Å². The lowest BCUT2D eigenvalue weighted by Crippen LogP contribution is -2.46. The first-order chi connectivity index (χ1) is 15.6. The number of nitrogens with zero attached hydrogens (tertiary/aromatic N) is 5. The zero-order valence-corrected chi connectivity index (χ0v) is 20.3. The highest BCUT2D eigenvalue weighted by atomic mass is 32.1. The zero-order chi connectivity index (χ0) is 22.5. The van der Waals surface area contributed by atoms with E-state index in [1.165, 1.54) is 5.69 Å². The van der Waals surface area contributed by atoms with E-state index in [1.807, 2.05) is 6.07 Å². The molecule has 0 spiro atoms. The molecule has 0 saturated carbocycles. The number of hydrogen-bond acceptors (Lipinski definition) is 7. The molecule has 1 fully saturated rings. The van der Waals surface area contributed by atoms with E-state index in [0.29, 0.717) is 31.1 Å². The van der Waals surface area contributed by atoms with Crippen LogP contribution in [-0.2, 0) is 9.53 Å². The van der Waals surface area contributed by atoms with Gasteiger partial charge in [0.25, 0.3) is 0 Å². The van der Waals surface area contributed by atoms with Crippen LogP contribution in [0.1, 0.15) is 20.8 Å². The van der Waals surface area contributed by atoms with Crippen molar-refractivity contribution in [3.05, 3.63) is 42.7 Å². The minimum atomic E-state index is -0.210. The maximum atomic E-state index is 11.7. The van der Waals surface area contributed by atoms with E-state index in [4.69, 9.17) is 14.5 Å². The van der Waals surface area contributed by atoms with Gasteiger partial charge in [-0.2, -0.15) is 13.5 Å². The number of rotatable bonds is 7. The van der Waals surface area contributed by atoms with Crippen LogP contribution in [0.2, 0.25) is 0 Å². The van der Waals surface area contributed by atoms with E-state index in [1.54, 1.807) is 24.2 Å². The maximum absolute atomic E-state index is 11.7. The summed E-state index contributed by atoms with van der Waals surface area (Å²) in [4.78, 5) is 29.4. The highest BCUT2D eigenvalue weighted by molar-refractivity contribution is 7.59. The van der Waals surface area contributed by atoms with Crippen LogP contribution in [0.3, 0.4) is 0 Å². The Kier molecular flexibility index (Phi) is 8.46. The van der Waals surface area contributed by atoms with Crippen LogP contribution < -0.4 is 9.64 Å². The molecular formula is C24H31N5O3S. The lowest BCUT2D eigenvalue weighted by molar-refractivity contribution is -0.137. The average Bonchev–Trinajstić information content (AvgIpc) is 2.83. The summed E-state index contributed by atoms with van der Waals surface area (Å²) >= 11 is 0. The third kappa shape index (κ3) is 5.72. The number of ether oxygens (including phenoxy) is 2. The maximum Gasteiger partial charge on any atom is 0.242 e. The number of anilines is 1. The number of aromatic nitrogens is 3. The second-order valence-corrected chi connectivity index (χ2v) is 7.72. The molecule has 0 radical (unpaired) electrons. The predicted octanol–water partition coefficient (Wildman–Crippen LogP) is 3.28. The molecule has 1 aliphatic rings. The van der Waals surface area contributed by atoms with Crippen LogP contribution in [0.25, 0.3) is 22.3 Å². The summed E-state index contributed by atoms with van der Waals surface area (Å²) in [7, 11) is 0. The zero-order valence-electron chi connectivity index (χ0n) is 19.3. The van der Waals surface area contributed by atoms with Crippen LogP contribution in [0.4, 0.5) is 5.69 Å². The van der Waals surface area contributed by atoms with Crippen molar-refractivity contribution in [2.45, 2.75) is 26.9 Å². The van der Waals surface area contributed by atoms with Gasteiger partial charge in [-0.3, -0.25) is 9.78 Å². The third-order valence-electron chi connectivity index (χ3n) is 5.71. The molecule has 8 nitrogen and oxygen atoms in total. The molecule has 3 aromatic rings. The lowest BCUT2D eigenvalue weighted by Gasteiger charge is -2.32. The van der Waals surface area contributed by atoms with Crippen LogP contribution in [0.5, 0.6) is 5.88 Å². The number of pyridine rings is 1. The van der Waals surface area contributed by atoms with Crippen molar-refractivity contribution < 1.29 is 14.3 Å². The van der Waals surface area contributed by atoms with Gasteiger partial charge in [-0.25, -0.2) is 9.97 Å². The summed E-state index contributed by atoms with van der Waals surface area (Å²) in [5, 5.41) is 0. The van der Waals surface area contributed by atoms with Gasteiger partial charge in [0.05, 0.1) is 24.4 Å². The van der Waals surface area contributed by atoms with Gasteiger partial charge in [-0.15, -0.1) is 0 Å². The number of hydrogen-bond donors (Lipinski definition) is 0. The van der Waals surface area contributed by atoms with Crippen LogP contribution in [0.15, 0.2) is 42.7 Å². The van der Waals surface area contributed by atoms with E-state index < -0.39 is 0 Å². The van der Waals surface area contributed by atoms with Crippen molar-refractivity contribution in [2.24, 2.45) is 0 Å². The first-order valence-electron chi connectivity index (χ1n) is 11.1. The minimum absolute atomic E-state index is 0. The highest BCUT2D eigenvalue weighted by Crippen LogP contribution is 2.28. The van der Waals surface area contributed by atoms with E-state index in [0.717, 1.165) is 29.9 Å². The van der Waals surface area contributed by atoms with Gasteiger partial charge in [-0.05, 0) is 32.0 Å². The van der Waals surface area contributed by atoms with Gasteiger partial charge < -0.3 is 19.3 Å². The molecule has 0 aliphatic carbocycles. The molecule has 33 heavy (non-hydrogen) atoms. The summed E-state index contributed by atoms with van der Waals surface area (Å²) in [5.41, 5.74) is 4.26. The number of carbonyl (C=O) groups excluding carboxylic acids is 1. The van der Waals surface area contributed by atoms with Gasteiger partial charge >= 0.3 is 0 Å². The highest BCUT2D eigenvalue weighted by Gasteiger charge is 2.23. The Balaban J connectivity index is 0.00000306. The molecule has 0 unspecified atom stereocenters. The molecule has 1 aliphatic heterocycles. The summed E-state index contributed by atoms with van der Waals surface area (Å²) in [6.07, 6.45) is 3.08. The number of carbonyl (C=O) groups is 1. The largest absolute Gasteiger partial charge is 0.473 e.